The van der Waals surface area contributed by atoms with Gasteiger partial charge >= 0.3 is 5.69 Å². The van der Waals surface area contributed by atoms with Gasteiger partial charge in [0.25, 0.3) is 5.22 Å². The highest BCUT2D eigenvalue weighted by Gasteiger charge is 2.19. The number of oxazole rings is 1. The largest absolute Gasteiger partial charge is 0.439 e. The highest BCUT2D eigenvalue weighted by molar-refractivity contribution is 7.99. The predicted octanol–water partition coefficient (Wildman–Crippen LogP) is 3.09. The standard InChI is InChI=1S/C9H6ClN3O3S/c1-5-4-16-9(11-5)17-8-6(13(14)15)2-3-7(10)12-8/h2-4H,1H3. The summed E-state index contributed by atoms with van der Waals surface area (Å²) >= 11 is 6.66. The van der Waals surface area contributed by atoms with E-state index in [-0.39, 0.29) is 15.9 Å². The number of nitro groups is 1. The Hall–Kier alpha value is -1.60. The lowest BCUT2D eigenvalue weighted by Gasteiger charge is -1.98. The number of aryl methyl sites for hydroxylation is 1. The van der Waals surface area contributed by atoms with Gasteiger partial charge in [-0.3, -0.25) is 10.1 Å². The first-order valence-electron chi connectivity index (χ1n) is 4.47. The Morgan fingerprint density at radius 1 is 1.47 bits per heavy atom. The molecule has 0 aliphatic rings. The molecule has 0 atom stereocenters. The summed E-state index contributed by atoms with van der Waals surface area (Å²) in [6.07, 6.45) is 1.46. The molecule has 0 bridgehead atoms. The van der Waals surface area contributed by atoms with E-state index in [0.717, 1.165) is 11.8 Å². The number of aromatic nitrogens is 2. The lowest BCUT2D eigenvalue weighted by atomic mass is 10.4. The topological polar surface area (TPSA) is 82.1 Å². The molecule has 2 aromatic heterocycles. The van der Waals surface area contributed by atoms with Gasteiger partial charge in [-0.2, -0.15) is 0 Å². The third-order valence-corrected chi connectivity index (χ3v) is 2.85. The summed E-state index contributed by atoms with van der Waals surface area (Å²) in [4.78, 5) is 18.2. The van der Waals surface area contributed by atoms with E-state index in [9.17, 15) is 10.1 Å². The van der Waals surface area contributed by atoms with E-state index in [0.29, 0.717) is 10.9 Å². The predicted molar refractivity (Wildman–Crippen MR) is 61.3 cm³/mol. The fraction of sp³-hybridized carbons (Fsp3) is 0.111. The van der Waals surface area contributed by atoms with E-state index in [4.69, 9.17) is 16.0 Å². The van der Waals surface area contributed by atoms with Crippen molar-refractivity contribution in [2.75, 3.05) is 0 Å². The van der Waals surface area contributed by atoms with Crippen molar-refractivity contribution in [3.63, 3.8) is 0 Å². The lowest BCUT2D eigenvalue weighted by Crippen LogP contribution is -1.93. The van der Waals surface area contributed by atoms with Gasteiger partial charge in [-0.25, -0.2) is 9.97 Å². The molecule has 0 spiro atoms. The van der Waals surface area contributed by atoms with Crippen molar-refractivity contribution in [1.29, 1.82) is 0 Å². The molecule has 0 unspecified atom stereocenters. The number of halogens is 1. The number of hydrogen-bond donors (Lipinski definition) is 0. The van der Waals surface area contributed by atoms with Crippen LogP contribution in [-0.4, -0.2) is 14.9 Å². The first kappa shape index (κ1) is 11.9. The third-order valence-electron chi connectivity index (χ3n) is 1.78. The first-order valence-corrected chi connectivity index (χ1v) is 5.66. The average Bonchev–Trinajstić information content (AvgIpc) is 2.63. The molecule has 0 aliphatic carbocycles. The van der Waals surface area contributed by atoms with Crippen molar-refractivity contribution in [2.45, 2.75) is 17.2 Å². The molecule has 0 aromatic carbocycles. The monoisotopic (exact) mass is 271 g/mol. The summed E-state index contributed by atoms with van der Waals surface area (Å²) in [6, 6.07) is 2.66. The van der Waals surface area contributed by atoms with Crippen LogP contribution in [0.3, 0.4) is 0 Å². The second-order valence-corrected chi connectivity index (χ2v) is 4.40. The van der Waals surface area contributed by atoms with Gasteiger partial charge in [0.1, 0.15) is 11.4 Å². The lowest BCUT2D eigenvalue weighted by molar-refractivity contribution is -0.388. The van der Waals surface area contributed by atoms with Gasteiger partial charge in [-0.05, 0) is 24.8 Å². The Balaban J connectivity index is 2.37. The molecule has 6 nitrogen and oxygen atoms in total. The molecule has 0 fully saturated rings. The molecule has 2 heterocycles. The summed E-state index contributed by atoms with van der Waals surface area (Å²) in [6.45, 7) is 1.76. The fourth-order valence-corrected chi connectivity index (χ4v) is 2.13. The normalized spacial score (nSPS) is 10.5. The maximum Gasteiger partial charge on any atom is 0.302 e. The minimum absolute atomic E-state index is 0.129. The molecule has 2 aromatic rings. The number of rotatable bonds is 3. The Bertz CT molecular complexity index is 572. The molecular formula is C9H6ClN3O3S. The van der Waals surface area contributed by atoms with E-state index in [2.05, 4.69) is 9.97 Å². The van der Waals surface area contributed by atoms with Gasteiger partial charge < -0.3 is 4.42 Å². The maximum atomic E-state index is 10.8. The van der Waals surface area contributed by atoms with E-state index < -0.39 is 4.92 Å². The van der Waals surface area contributed by atoms with Crippen LogP contribution < -0.4 is 0 Å². The van der Waals surface area contributed by atoms with Crippen LogP contribution >= 0.6 is 23.4 Å². The molecule has 0 saturated carbocycles. The third kappa shape index (κ3) is 2.75. The van der Waals surface area contributed by atoms with Gasteiger partial charge in [0.15, 0.2) is 5.03 Å². The van der Waals surface area contributed by atoms with Gasteiger partial charge in [-0.15, -0.1) is 0 Å². The van der Waals surface area contributed by atoms with Crippen molar-refractivity contribution in [3.8, 4) is 0 Å². The molecule has 0 saturated heterocycles. The SMILES string of the molecule is Cc1coc(Sc2nc(Cl)ccc2[N+](=O)[O-])n1. The quantitative estimate of drug-likeness (QED) is 0.485. The minimum Gasteiger partial charge on any atom is -0.439 e. The van der Waals surface area contributed by atoms with Crippen LogP contribution in [0, 0.1) is 17.0 Å². The molecule has 2 rings (SSSR count). The van der Waals surface area contributed by atoms with Gasteiger partial charge in [0.05, 0.1) is 10.6 Å². The Morgan fingerprint density at radius 2 is 2.24 bits per heavy atom. The van der Waals surface area contributed by atoms with Crippen molar-refractivity contribution >= 4 is 29.1 Å². The molecule has 0 N–H and O–H groups in total. The van der Waals surface area contributed by atoms with Crippen molar-refractivity contribution in [3.05, 3.63) is 39.4 Å². The highest BCUT2D eigenvalue weighted by atomic mass is 35.5. The van der Waals surface area contributed by atoms with Crippen LogP contribution in [0.15, 0.2) is 33.1 Å². The second kappa shape index (κ2) is 4.72. The zero-order valence-electron chi connectivity index (χ0n) is 8.58. The molecule has 0 aliphatic heterocycles. The van der Waals surface area contributed by atoms with Crippen LogP contribution in [0.25, 0.3) is 0 Å². The number of nitrogens with zero attached hydrogens (tertiary/aromatic N) is 3. The Kier molecular flexibility index (Phi) is 3.30. The van der Waals surface area contributed by atoms with Crippen LogP contribution in [-0.2, 0) is 0 Å². The molecule has 0 amide bonds. The van der Waals surface area contributed by atoms with Gasteiger partial charge in [0.2, 0.25) is 0 Å². The average molecular weight is 272 g/mol. The van der Waals surface area contributed by atoms with Crippen LogP contribution in [0.4, 0.5) is 5.69 Å². The van der Waals surface area contributed by atoms with Crippen molar-refractivity contribution in [2.24, 2.45) is 0 Å². The summed E-state index contributed by atoms with van der Waals surface area (Å²) < 4.78 is 5.09. The summed E-state index contributed by atoms with van der Waals surface area (Å²) in [5.41, 5.74) is 0.562. The molecule has 17 heavy (non-hydrogen) atoms. The molecule has 8 heteroatoms. The minimum atomic E-state index is -0.526. The summed E-state index contributed by atoms with van der Waals surface area (Å²) in [5.74, 6) is 0. The van der Waals surface area contributed by atoms with Crippen LogP contribution in [0.5, 0.6) is 0 Å². The first-order chi connectivity index (χ1) is 8.06. The van der Waals surface area contributed by atoms with E-state index >= 15 is 0 Å². The van der Waals surface area contributed by atoms with Crippen LogP contribution in [0.2, 0.25) is 5.15 Å². The highest BCUT2D eigenvalue weighted by Crippen LogP contribution is 2.33. The van der Waals surface area contributed by atoms with E-state index in [1.165, 1.54) is 18.4 Å². The van der Waals surface area contributed by atoms with Gasteiger partial charge in [-0.1, -0.05) is 11.6 Å². The Morgan fingerprint density at radius 3 is 2.82 bits per heavy atom. The van der Waals surface area contributed by atoms with Crippen molar-refractivity contribution in [1.82, 2.24) is 9.97 Å². The maximum absolute atomic E-state index is 10.8. The fourth-order valence-electron chi connectivity index (χ4n) is 1.09. The second-order valence-electron chi connectivity index (χ2n) is 3.07. The number of hydrogen-bond acceptors (Lipinski definition) is 6. The zero-order valence-corrected chi connectivity index (χ0v) is 10.2. The van der Waals surface area contributed by atoms with Gasteiger partial charge in [0, 0.05) is 6.07 Å². The number of pyridine rings is 1. The molecule has 88 valence electrons. The van der Waals surface area contributed by atoms with Crippen molar-refractivity contribution < 1.29 is 9.34 Å². The van der Waals surface area contributed by atoms with Crippen LogP contribution in [0.1, 0.15) is 5.69 Å². The summed E-state index contributed by atoms with van der Waals surface area (Å²) in [7, 11) is 0. The molecular weight excluding hydrogens is 266 g/mol. The summed E-state index contributed by atoms with van der Waals surface area (Å²) in [5, 5.41) is 11.4. The molecule has 0 radical (unpaired) electrons. The zero-order chi connectivity index (χ0) is 12.4. The van der Waals surface area contributed by atoms with E-state index in [1.807, 2.05) is 0 Å². The smallest absolute Gasteiger partial charge is 0.302 e. The Labute approximate surface area is 105 Å². The van der Waals surface area contributed by atoms with E-state index in [1.54, 1.807) is 6.92 Å².